The van der Waals surface area contributed by atoms with E-state index in [1.165, 1.54) is 0 Å². The van der Waals surface area contributed by atoms with Crippen molar-refractivity contribution in [2.75, 3.05) is 44.4 Å². The summed E-state index contributed by atoms with van der Waals surface area (Å²) in [4.78, 5) is 11.0. The van der Waals surface area contributed by atoms with E-state index in [0.717, 1.165) is 18.8 Å². The van der Waals surface area contributed by atoms with Crippen molar-refractivity contribution in [2.24, 2.45) is 0 Å². The predicted octanol–water partition coefficient (Wildman–Crippen LogP) is 0.528. The lowest BCUT2D eigenvalue weighted by molar-refractivity contribution is 0.0504. The van der Waals surface area contributed by atoms with Gasteiger partial charge in [-0.05, 0) is 6.07 Å². The maximum atomic E-state index is 9.54. The maximum absolute atomic E-state index is 9.54. The van der Waals surface area contributed by atoms with Crippen LogP contribution in [-0.4, -0.2) is 75.6 Å². The summed E-state index contributed by atoms with van der Waals surface area (Å²) < 4.78 is 12.6. The molecule has 0 saturated carbocycles. The van der Waals surface area contributed by atoms with Gasteiger partial charge in [-0.1, -0.05) is 20.8 Å². The van der Waals surface area contributed by atoms with Crippen LogP contribution in [0.4, 0.5) is 5.82 Å². The van der Waals surface area contributed by atoms with Gasteiger partial charge in [0, 0.05) is 30.8 Å². The first-order valence-electron chi connectivity index (χ1n) is 9.07. The van der Waals surface area contributed by atoms with E-state index in [1.807, 2.05) is 18.3 Å². The summed E-state index contributed by atoms with van der Waals surface area (Å²) in [5.74, 6) is 1.29. The van der Waals surface area contributed by atoms with Crippen molar-refractivity contribution in [2.45, 2.75) is 32.3 Å². The van der Waals surface area contributed by atoms with E-state index in [0.29, 0.717) is 24.8 Å². The Morgan fingerprint density at radius 3 is 2.56 bits per heavy atom. The second-order valence-electron chi connectivity index (χ2n) is 7.51. The summed E-state index contributed by atoms with van der Waals surface area (Å²) in [6.45, 7) is 8.54. The molecule has 0 bridgehead atoms. The normalized spacial score (nSPS) is 16.4. The molecular weight excluding hydrogens is 350 g/mol. The molecule has 1 aliphatic rings. The molecule has 2 aromatic heterocycles. The number of aromatic nitrogens is 4. The van der Waals surface area contributed by atoms with Crippen LogP contribution in [0.2, 0.25) is 0 Å². The fourth-order valence-corrected chi connectivity index (χ4v) is 2.61. The minimum absolute atomic E-state index is 0.0735. The van der Waals surface area contributed by atoms with Crippen LogP contribution >= 0.6 is 0 Å². The summed E-state index contributed by atoms with van der Waals surface area (Å²) in [7, 11) is 0. The molecule has 3 heterocycles. The quantitative estimate of drug-likeness (QED) is 0.751. The van der Waals surface area contributed by atoms with E-state index >= 15 is 0 Å². The monoisotopic (exact) mass is 377 g/mol. The highest BCUT2D eigenvalue weighted by Gasteiger charge is 2.20. The minimum atomic E-state index is -0.985. The zero-order valence-electron chi connectivity index (χ0n) is 16.0. The molecule has 1 fully saturated rings. The molecule has 9 nitrogen and oxygen atoms in total. The molecule has 2 aromatic rings. The van der Waals surface area contributed by atoms with Gasteiger partial charge >= 0.3 is 6.01 Å². The third kappa shape index (κ3) is 4.94. The molecule has 0 aromatic carbocycles. The predicted molar refractivity (Wildman–Crippen MR) is 99.5 cm³/mol. The number of aliphatic hydroxyl groups excluding tert-OH is 2. The van der Waals surface area contributed by atoms with Crippen LogP contribution in [0.25, 0.3) is 5.82 Å². The largest absolute Gasteiger partial charge is 0.461 e. The summed E-state index contributed by atoms with van der Waals surface area (Å²) in [6.07, 6.45) is 0.875. The molecular formula is C18H27N5O4. The van der Waals surface area contributed by atoms with Crippen LogP contribution in [0.3, 0.4) is 0 Å². The average Bonchev–Trinajstić information content (AvgIpc) is 3.17. The summed E-state index contributed by atoms with van der Waals surface area (Å²) in [6, 6.07) is 3.96. The van der Waals surface area contributed by atoms with E-state index in [2.05, 4.69) is 40.7 Å². The van der Waals surface area contributed by atoms with Gasteiger partial charge in [0.2, 0.25) is 0 Å². The van der Waals surface area contributed by atoms with Gasteiger partial charge < -0.3 is 24.6 Å². The lowest BCUT2D eigenvalue weighted by atomic mass is 9.93. The number of nitrogens with zero attached hydrogens (tertiary/aromatic N) is 5. The van der Waals surface area contributed by atoms with Crippen molar-refractivity contribution in [1.82, 2.24) is 19.7 Å². The molecule has 9 heteroatoms. The van der Waals surface area contributed by atoms with Gasteiger partial charge in [-0.25, -0.2) is 4.68 Å². The first kappa shape index (κ1) is 19.5. The van der Waals surface area contributed by atoms with Gasteiger partial charge in [0.25, 0.3) is 0 Å². The van der Waals surface area contributed by atoms with E-state index < -0.39 is 6.10 Å². The second kappa shape index (κ2) is 8.20. The molecule has 0 radical (unpaired) electrons. The third-order valence-corrected chi connectivity index (χ3v) is 4.22. The maximum Gasteiger partial charge on any atom is 0.320 e. The van der Waals surface area contributed by atoms with E-state index in [4.69, 9.17) is 14.6 Å². The molecule has 2 N–H and O–H groups in total. The SMILES string of the molecule is CC(C)(C)c1ccn(-c2cc(N3CCOCC3)nc(OCC(O)CO)n2)n1. The standard InChI is InChI=1S/C18H27N5O4/c1-18(2,3)14-4-5-23(21-14)16-10-15(22-6-8-26-9-7-22)19-17(20-16)27-12-13(25)11-24/h4-5,10,13,24-25H,6-9,11-12H2,1-3H3. The number of ether oxygens (including phenoxy) is 2. The van der Waals surface area contributed by atoms with Gasteiger partial charge in [0.15, 0.2) is 5.82 Å². The second-order valence-corrected chi connectivity index (χ2v) is 7.51. The first-order valence-corrected chi connectivity index (χ1v) is 9.07. The van der Waals surface area contributed by atoms with Gasteiger partial charge in [-0.3, -0.25) is 0 Å². The highest BCUT2D eigenvalue weighted by Crippen LogP contribution is 2.23. The Morgan fingerprint density at radius 1 is 1.22 bits per heavy atom. The van der Waals surface area contributed by atoms with Gasteiger partial charge in [0.05, 0.1) is 25.5 Å². The smallest absolute Gasteiger partial charge is 0.320 e. The summed E-state index contributed by atoms with van der Waals surface area (Å²) in [5, 5.41) is 23.1. The van der Waals surface area contributed by atoms with Crippen LogP contribution in [0.1, 0.15) is 26.5 Å². The molecule has 0 amide bonds. The minimum Gasteiger partial charge on any atom is -0.461 e. The zero-order chi connectivity index (χ0) is 19.4. The topological polar surface area (TPSA) is 106 Å². The lowest BCUT2D eigenvalue weighted by Gasteiger charge is -2.28. The Labute approximate surface area is 158 Å². The van der Waals surface area contributed by atoms with E-state index in [1.54, 1.807) is 4.68 Å². The average molecular weight is 377 g/mol. The number of aliphatic hydroxyl groups is 2. The van der Waals surface area contributed by atoms with Gasteiger partial charge in [0.1, 0.15) is 18.5 Å². The van der Waals surface area contributed by atoms with Crippen LogP contribution in [0.5, 0.6) is 6.01 Å². The Hall–Kier alpha value is -2.23. The Kier molecular flexibility index (Phi) is 5.93. The fraction of sp³-hybridized carbons (Fsp3) is 0.611. The summed E-state index contributed by atoms with van der Waals surface area (Å²) in [5.41, 5.74) is 0.878. The number of rotatable bonds is 6. The number of hydrogen-bond donors (Lipinski definition) is 2. The molecule has 1 saturated heterocycles. The molecule has 0 spiro atoms. The van der Waals surface area contributed by atoms with Crippen LogP contribution in [0.15, 0.2) is 18.3 Å². The van der Waals surface area contributed by atoms with Crippen LogP contribution < -0.4 is 9.64 Å². The first-order chi connectivity index (χ1) is 12.9. The van der Waals surface area contributed by atoms with E-state index in [-0.39, 0.29) is 24.6 Å². The van der Waals surface area contributed by atoms with Crippen molar-refractivity contribution < 1.29 is 19.7 Å². The molecule has 27 heavy (non-hydrogen) atoms. The van der Waals surface area contributed by atoms with Crippen molar-refractivity contribution in [3.8, 4) is 11.8 Å². The Bertz CT molecular complexity index is 752. The number of anilines is 1. The Morgan fingerprint density at radius 2 is 1.93 bits per heavy atom. The van der Waals surface area contributed by atoms with Crippen molar-refractivity contribution in [3.05, 3.63) is 24.0 Å². The third-order valence-electron chi connectivity index (χ3n) is 4.22. The van der Waals surface area contributed by atoms with Crippen LogP contribution in [-0.2, 0) is 10.2 Å². The molecule has 0 aliphatic carbocycles. The summed E-state index contributed by atoms with van der Waals surface area (Å²) >= 11 is 0. The highest BCUT2D eigenvalue weighted by molar-refractivity contribution is 5.45. The zero-order valence-corrected chi connectivity index (χ0v) is 16.0. The van der Waals surface area contributed by atoms with Crippen molar-refractivity contribution >= 4 is 5.82 Å². The molecule has 148 valence electrons. The lowest BCUT2D eigenvalue weighted by Crippen LogP contribution is -2.37. The van der Waals surface area contributed by atoms with Crippen molar-refractivity contribution in [1.29, 1.82) is 0 Å². The van der Waals surface area contributed by atoms with Crippen LogP contribution in [0, 0.1) is 0 Å². The van der Waals surface area contributed by atoms with E-state index in [9.17, 15) is 5.11 Å². The van der Waals surface area contributed by atoms with Crippen molar-refractivity contribution in [3.63, 3.8) is 0 Å². The van der Waals surface area contributed by atoms with Gasteiger partial charge in [-0.15, -0.1) is 0 Å². The fourth-order valence-electron chi connectivity index (χ4n) is 2.61. The number of hydrogen-bond acceptors (Lipinski definition) is 8. The molecule has 1 unspecified atom stereocenters. The van der Waals surface area contributed by atoms with Gasteiger partial charge in [-0.2, -0.15) is 15.1 Å². The highest BCUT2D eigenvalue weighted by atomic mass is 16.5. The number of morpholine rings is 1. The molecule has 1 atom stereocenters. The Balaban J connectivity index is 1.92. The molecule has 1 aliphatic heterocycles. The molecule has 3 rings (SSSR count).